The number of carbonyl (C=O) groups is 1. The predicted molar refractivity (Wildman–Crippen MR) is 48.6 cm³/mol. The Morgan fingerprint density at radius 2 is 2.31 bits per heavy atom. The highest BCUT2D eigenvalue weighted by Crippen LogP contribution is 2.13. The number of hydrogen-bond donors (Lipinski definition) is 2. The highest BCUT2D eigenvalue weighted by Gasteiger charge is 1.98. The molecule has 0 saturated carbocycles. The lowest BCUT2D eigenvalue weighted by Gasteiger charge is -2.04. The van der Waals surface area contributed by atoms with Crippen LogP contribution in [0.4, 0.5) is 5.69 Å². The number of nitrogens with one attached hydrogen (secondary N) is 1. The molecule has 1 aromatic carbocycles. The van der Waals surface area contributed by atoms with Gasteiger partial charge in [-0.15, -0.1) is 0 Å². The maximum atomic E-state index is 10.8. The molecule has 0 saturated heterocycles. The molecule has 4 nitrogen and oxygen atoms in total. The Bertz CT molecular complexity index is 299. The van der Waals surface area contributed by atoms with Crippen LogP contribution in [0.15, 0.2) is 24.3 Å². The van der Waals surface area contributed by atoms with E-state index in [0.717, 1.165) is 5.69 Å². The standard InChI is InChI=1S/C9H11NO3/c1-13-9(12)6-10-7-2-4-8(11)5-3-7/h2-5,10-11H,6H2,1H3/i/hD. The zero-order chi connectivity index (χ0) is 10.4. The van der Waals surface area contributed by atoms with E-state index in [1.165, 1.54) is 7.11 Å². The number of hydrogen-bond acceptors (Lipinski definition) is 4. The molecule has 0 aliphatic heterocycles. The number of carbonyl (C=O) groups excluding carboxylic acids is 1. The molecule has 13 heavy (non-hydrogen) atoms. The summed E-state index contributed by atoms with van der Waals surface area (Å²) >= 11 is 0. The fourth-order valence-electron chi connectivity index (χ4n) is 0.819. The lowest BCUT2D eigenvalue weighted by Crippen LogP contribution is -2.14. The third-order valence-electron chi connectivity index (χ3n) is 1.52. The van der Waals surface area contributed by atoms with Gasteiger partial charge < -0.3 is 15.2 Å². The van der Waals surface area contributed by atoms with Gasteiger partial charge in [0.15, 0.2) is 0 Å². The van der Waals surface area contributed by atoms with Crippen molar-refractivity contribution in [3.05, 3.63) is 24.3 Å². The molecular formula is C9H11NO3. The van der Waals surface area contributed by atoms with Gasteiger partial charge in [0.25, 0.3) is 1.43 Å². The van der Waals surface area contributed by atoms with Crippen molar-refractivity contribution in [3.63, 3.8) is 0 Å². The van der Waals surface area contributed by atoms with Crippen molar-refractivity contribution in [1.82, 2.24) is 0 Å². The first-order valence-corrected chi connectivity index (χ1v) is 3.80. The Balaban J connectivity index is 2.47. The number of phenols is 1. The number of esters is 1. The van der Waals surface area contributed by atoms with Gasteiger partial charge in [-0.3, -0.25) is 4.79 Å². The second-order valence-corrected chi connectivity index (χ2v) is 2.45. The lowest BCUT2D eigenvalue weighted by molar-refractivity contribution is -0.138. The highest BCUT2D eigenvalue weighted by atomic mass is 16.5. The molecule has 0 radical (unpaired) electrons. The summed E-state index contributed by atoms with van der Waals surface area (Å²) in [6.45, 7) is 0.123. The summed E-state index contributed by atoms with van der Waals surface area (Å²) in [6, 6.07) is 6.69. The van der Waals surface area contributed by atoms with E-state index >= 15 is 0 Å². The van der Waals surface area contributed by atoms with Gasteiger partial charge >= 0.3 is 5.97 Å². The molecule has 0 aliphatic carbocycles. The minimum atomic E-state index is -0.328. The average Bonchev–Trinajstić information content (AvgIpc) is 2.26. The first-order chi connectivity index (χ1) is 6.76. The summed E-state index contributed by atoms with van der Waals surface area (Å²) < 4.78 is 11.1. The third kappa shape index (κ3) is 3.02. The van der Waals surface area contributed by atoms with Crippen LogP contribution in [0, 0.1) is 0 Å². The lowest BCUT2D eigenvalue weighted by atomic mass is 10.3. The van der Waals surface area contributed by atoms with E-state index in [1.807, 2.05) is 0 Å². The van der Waals surface area contributed by atoms with E-state index < -0.39 is 0 Å². The van der Waals surface area contributed by atoms with Gasteiger partial charge in [0.1, 0.15) is 12.3 Å². The predicted octanol–water partition coefficient (Wildman–Crippen LogP) is 0.977. The number of benzene rings is 1. The quantitative estimate of drug-likeness (QED) is 0.538. The molecule has 70 valence electrons. The van der Waals surface area contributed by atoms with Gasteiger partial charge in [-0.2, -0.15) is 0 Å². The van der Waals surface area contributed by atoms with E-state index in [-0.39, 0.29) is 12.5 Å². The smallest absolute Gasteiger partial charge is 0.325 e. The summed E-state index contributed by atoms with van der Waals surface area (Å²) in [7, 11) is 1.33. The second kappa shape index (κ2) is 4.35. The fourth-order valence-corrected chi connectivity index (χ4v) is 0.819. The average molecular weight is 182 g/mol. The monoisotopic (exact) mass is 182 g/mol. The molecule has 0 aromatic heterocycles. The van der Waals surface area contributed by atoms with Crippen molar-refractivity contribution < 1.29 is 14.6 Å². The normalized spacial score (nSPS) is 10.1. The van der Waals surface area contributed by atoms with Crippen molar-refractivity contribution in [3.8, 4) is 5.75 Å². The topological polar surface area (TPSA) is 58.6 Å². The van der Waals surface area contributed by atoms with Crippen LogP contribution in [0.1, 0.15) is 0 Å². The number of methoxy groups -OCH3 is 1. The van der Waals surface area contributed by atoms with Crippen molar-refractivity contribution in [2.75, 3.05) is 19.0 Å². The largest absolute Gasteiger partial charge is 0.508 e. The van der Waals surface area contributed by atoms with Crippen LogP contribution in [0.2, 0.25) is 0 Å². The summed E-state index contributed by atoms with van der Waals surface area (Å²) in [4.78, 5) is 10.8. The fraction of sp³-hybridized carbons (Fsp3) is 0.222. The Labute approximate surface area is 77.6 Å². The van der Waals surface area contributed by atoms with Gasteiger partial charge in [0, 0.05) is 5.69 Å². The van der Waals surface area contributed by atoms with Crippen molar-refractivity contribution in [2.45, 2.75) is 0 Å². The molecule has 1 rings (SSSR count). The van der Waals surface area contributed by atoms with Crippen molar-refractivity contribution >= 4 is 11.7 Å². The molecule has 0 bridgehead atoms. The van der Waals surface area contributed by atoms with E-state index in [1.54, 1.807) is 24.3 Å². The Morgan fingerprint density at radius 3 is 2.85 bits per heavy atom. The maximum Gasteiger partial charge on any atom is 0.325 e. The number of aromatic hydroxyl groups is 1. The molecule has 0 amide bonds. The molecule has 2 N–H and O–H groups in total. The minimum absolute atomic E-state index is 0.123. The van der Waals surface area contributed by atoms with Crippen molar-refractivity contribution in [1.29, 1.82) is 1.43 Å². The first kappa shape index (κ1) is 7.91. The molecule has 1 aromatic rings. The second-order valence-electron chi connectivity index (χ2n) is 2.45. The van der Waals surface area contributed by atoms with Crippen LogP contribution < -0.4 is 5.32 Å². The Kier molecular flexibility index (Phi) is 2.65. The van der Waals surface area contributed by atoms with Crippen LogP contribution in [0.3, 0.4) is 0 Å². The molecule has 4 heteroatoms. The SMILES string of the molecule is [2H]Oc1ccc(NCC(=O)OC)cc1. The molecule has 0 heterocycles. The zero-order valence-electron chi connectivity index (χ0n) is 8.24. The van der Waals surface area contributed by atoms with Crippen LogP contribution >= 0.6 is 0 Å². The highest BCUT2D eigenvalue weighted by molar-refractivity contribution is 5.74. The van der Waals surface area contributed by atoms with Crippen LogP contribution in [0.5, 0.6) is 5.75 Å². The van der Waals surface area contributed by atoms with Gasteiger partial charge in [-0.25, -0.2) is 0 Å². The summed E-state index contributed by atoms with van der Waals surface area (Å²) in [5, 5.41) is 7.10. The van der Waals surface area contributed by atoms with E-state index in [4.69, 9.17) is 1.43 Å². The summed E-state index contributed by atoms with van der Waals surface area (Å²) in [5.41, 5.74) is 0.774. The van der Waals surface area contributed by atoms with Crippen LogP contribution in [-0.4, -0.2) is 26.2 Å². The minimum Gasteiger partial charge on any atom is -0.508 e. The van der Waals surface area contributed by atoms with Gasteiger partial charge in [0.05, 0.1) is 7.11 Å². The summed E-state index contributed by atoms with van der Waals surface area (Å²) in [5.74, 6) is 0.124. The third-order valence-corrected chi connectivity index (χ3v) is 1.52. The maximum absolute atomic E-state index is 10.8. The molecule has 0 fully saturated rings. The Morgan fingerprint density at radius 1 is 1.62 bits per heavy atom. The van der Waals surface area contributed by atoms with Crippen molar-refractivity contribution in [2.24, 2.45) is 0 Å². The van der Waals surface area contributed by atoms with E-state index in [0.29, 0.717) is 5.75 Å². The number of ether oxygens (including phenoxy) is 1. The number of rotatable bonds is 4. The van der Waals surface area contributed by atoms with Crippen LogP contribution in [0.25, 0.3) is 0 Å². The first-order valence-electron chi connectivity index (χ1n) is 4.21. The number of anilines is 1. The Hall–Kier alpha value is -1.71. The zero-order valence-corrected chi connectivity index (χ0v) is 7.24. The summed E-state index contributed by atoms with van der Waals surface area (Å²) in [6.07, 6.45) is 0. The molecular weight excluding hydrogens is 170 g/mol. The van der Waals surface area contributed by atoms with Crippen LogP contribution in [-0.2, 0) is 9.53 Å². The molecule has 0 aliphatic rings. The molecule has 0 atom stereocenters. The van der Waals surface area contributed by atoms with E-state index in [9.17, 15) is 4.79 Å². The number of phenolic OH excluding ortho intramolecular Hbond substituents is 1. The molecule has 0 spiro atoms. The molecule has 0 unspecified atom stereocenters. The van der Waals surface area contributed by atoms with Gasteiger partial charge in [-0.1, -0.05) is 0 Å². The van der Waals surface area contributed by atoms with E-state index in [2.05, 4.69) is 15.2 Å². The van der Waals surface area contributed by atoms with Gasteiger partial charge in [-0.05, 0) is 24.3 Å². The van der Waals surface area contributed by atoms with Gasteiger partial charge in [0.2, 0.25) is 0 Å².